The van der Waals surface area contributed by atoms with E-state index in [-0.39, 0.29) is 41.1 Å². The molecule has 0 bridgehead atoms. The summed E-state index contributed by atoms with van der Waals surface area (Å²) in [5.74, 6) is -6.16. The van der Waals surface area contributed by atoms with Gasteiger partial charge < -0.3 is 5.11 Å². The van der Waals surface area contributed by atoms with Crippen LogP contribution < -0.4 is 4.90 Å². The number of phenolic OH excluding ortho intramolecular Hbond substituents is 1. The maximum Gasteiger partial charge on any atom is 0.258 e. The quantitative estimate of drug-likeness (QED) is 0.325. The van der Waals surface area contributed by atoms with Crippen molar-refractivity contribution in [1.29, 1.82) is 0 Å². The van der Waals surface area contributed by atoms with E-state index >= 15 is 0 Å². The Kier molecular flexibility index (Phi) is 5.52. The van der Waals surface area contributed by atoms with Gasteiger partial charge in [0.05, 0.1) is 17.5 Å². The molecule has 0 spiro atoms. The molecule has 4 amide bonds. The van der Waals surface area contributed by atoms with Crippen LogP contribution in [0, 0.1) is 23.6 Å². The fraction of sp³-hybridized carbons (Fsp3) is 0.333. The Hall–Kier alpha value is -2.94. The Morgan fingerprint density at radius 1 is 0.974 bits per heavy atom. The van der Waals surface area contributed by atoms with Crippen LogP contribution in [0.15, 0.2) is 54.1 Å². The number of nitrogens with zero attached hydrogens (tertiary/aromatic N) is 2. The number of hydrogen-bond donors (Lipinski definition) is 1. The third-order valence-electron chi connectivity index (χ3n) is 8.41. The van der Waals surface area contributed by atoms with Crippen LogP contribution in [-0.2, 0) is 19.2 Å². The average Bonchev–Trinajstić information content (AvgIpc) is 3.18. The second-order valence-corrected chi connectivity index (χ2v) is 11.8. The molecule has 2 heterocycles. The van der Waals surface area contributed by atoms with Crippen molar-refractivity contribution in [2.75, 3.05) is 11.9 Å². The predicted molar refractivity (Wildman–Crippen MR) is 137 cm³/mol. The number of anilines is 1. The van der Waals surface area contributed by atoms with Crippen LogP contribution in [0.5, 0.6) is 5.75 Å². The number of hydrogen-bond acceptors (Lipinski definition) is 5. The largest absolute Gasteiger partial charge is 0.508 e. The van der Waals surface area contributed by atoms with Crippen LogP contribution in [0.2, 0.25) is 5.02 Å². The van der Waals surface area contributed by atoms with Crippen molar-refractivity contribution in [2.24, 2.45) is 17.8 Å². The van der Waals surface area contributed by atoms with Crippen LogP contribution in [0.25, 0.3) is 0 Å². The summed E-state index contributed by atoms with van der Waals surface area (Å²) in [5.41, 5.74) is 1.02. The number of aromatic hydroxyl groups is 1. The molecule has 1 saturated carbocycles. The molecule has 0 radical (unpaired) electrons. The second-order valence-electron chi connectivity index (χ2n) is 10.2. The zero-order chi connectivity index (χ0) is 27.3. The van der Waals surface area contributed by atoms with Crippen LogP contribution in [0.3, 0.4) is 0 Å². The number of fused-ring (bicyclic) bond motifs is 4. The van der Waals surface area contributed by atoms with Crippen molar-refractivity contribution in [2.45, 2.75) is 28.5 Å². The van der Waals surface area contributed by atoms with Gasteiger partial charge in [-0.1, -0.05) is 29.3 Å². The van der Waals surface area contributed by atoms with Gasteiger partial charge in [0.2, 0.25) is 11.8 Å². The molecule has 2 aromatic carbocycles. The number of allylic oxidation sites excluding steroid dienone is 2. The van der Waals surface area contributed by atoms with Gasteiger partial charge in [0.15, 0.2) is 9.75 Å². The monoisotopic (exact) mass is 576 g/mol. The number of halogens is 4. The summed E-state index contributed by atoms with van der Waals surface area (Å²) in [6.45, 7) is 0. The van der Waals surface area contributed by atoms with Gasteiger partial charge in [-0.05, 0) is 60.7 Å². The lowest BCUT2D eigenvalue weighted by molar-refractivity contribution is -0.138. The normalized spacial score (nSPS) is 34.3. The van der Waals surface area contributed by atoms with E-state index in [4.69, 9.17) is 34.8 Å². The highest BCUT2D eigenvalue weighted by Crippen LogP contribution is 2.66. The molecule has 3 fully saturated rings. The first-order chi connectivity index (χ1) is 17.9. The minimum absolute atomic E-state index is 0.0872. The lowest BCUT2D eigenvalue weighted by Gasteiger charge is -2.50. The van der Waals surface area contributed by atoms with Crippen molar-refractivity contribution in [3.63, 3.8) is 0 Å². The molecule has 6 unspecified atom stereocenters. The first kappa shape index (κ1) is 25.3. The number of benzene rings is 2. The highest BCUT2D eigenvalue weighted by Gasteiger charge is 2.76. The van der Waals surface area contributed by atoms with Crippen LogP contribution in [0.1, 0.15) is 24.3 Å². The summed E-state index contributed by atoms with van der Waals surface area (Å²) < 4.78 is 13.7. The van der Waals surface area contributed by atoms with Crippen molar-refractivity contribution in [1.82, 2.24) is 4.90 Å². The van der Waals surface area contributed by atoms with Gasteiger partial charge >= 0.3 is 0 Å². The number of phenols is 1. The standard InChI is InChI=1S/C27H20Cl3FN2O5/c1-32-22(35)17-9-8-15-18(20(17)23(32)36)11-26(29)24(37)33(13-4-2-12(31)3-5-13)25(38)27(26,30)21(15)16-7-6-14(34)10-19(16)28/h2-8,10,17-18,20-21,34H,9,11H2,1H3. The van der Waals surface area contributed by atoms with Gasteiger partial charge in [0, 0.05) is 18.0 Å². The molecular formula is C27H20Cl3FN2O5. The molecule has 11 heteroatoms. The Labute approximate surface area is 231 Å². The number of carbonyl (C=O) groups is 4. The molecule has 4 aliphatic rings. The number of imide groups is 2. The highest BCUT2D eigenvalue weighted by molar-refractivity contribution is 6.58. The number of alkyl halides is 2. The summed E-state index contributed by atoms with van der Waals surface area (Å²) in [5, 5.41) is 10.1. The third-order valence-corrected chi connectivity index (χ3v) is 10.2. The maximum absolute atomic E-state index is 14.1. The van der Waals surface area contributed by atoms with Gasteiger partial charge in [-0.3, -0.25) is 24.1 Å². The van der Waals surface area contributed by atoms with E-state index in [1.54, 1.807) is 6.08 Å². The number of likely N-dealkylation sites (tertiary alicyclic amines) is 1. The van der Waals surface area contributed by atoms with E-state index in [0.717, 1.165) is 21.9 Å². The lowest BCUT2D eigenvalue weighted by Crippen LogP contribution is -2.60. The molecular weight excluding hydrogens is 558 g/mol. The zero-order valence-corrected chi connectivity index (χ0v) is 22.1. The van der Waals surface area contributed by atoms with E-state index < -0.39 is 51.1 Å². The zero-order valence-electron chi connectivity index (χ0n) is 19.8. The molecule has 6 rings (SSSR count). The maximum atomic E-state index is 14.1. The van der Waals surface area contributed by atoms with Gasteiger partial charge in [0.25, 0.3) is 11.8 Å². The highest BCUT2D eigenvalue weighted by atomic mass is 35.5. The van der Waals surface area contributed by atoms with Gasteiger partial charge in [-0.25, -0.2) is 9.29 Å². The Bertz CT molecular complexity index is 1480. The van der Waals surface area contributed by atoms with Crippen LogP contribution >= 0.6 is 34.8 Å². The van der Waals surface area contributed by atoms with Crippen LogP contribution in [-0.4, -0.2) is 50.4 Å². The fourth-order valence-electron chi connectivity index (χ4n) is 6.65. The van der Waals surface area contributed by atoms with E-state index in [9.17, 15) is 28.7 Å². The predicted octanol–water partition coefficient (Wildman–Crippen LogP) is 4.38. The van der Waals surface area contributed by atoms with Crippen molar-refractivity contribution >= 4 is 64.1 Å². The molecule has 38 heavy (non-hydrogen) atoms. The SMILES string of the molecule is CN1C(=O)C2CC=C3C(CC4(Cl)C(=O)N(c5ccc(F)cc5)C(=O)C4(Cl)C3c3ccc(O)cc3Cl)C2C1=O. The molecule has 0 aromatic heterocycles. The minimum Gasteiger partial charge on any atom is -0.508 e. The number of amides is 4. The number of carbonyl (C=O) groups excluding carboxylic acids is 4. The summed E-state index contributed by atoms with van der Waals surface area (Å²) in [4.78, 5) is 52.0. The fourth-order valence-corrected chi connectivity index (χ4v) is 7.86. The molecule has 2 aliphatic heterocycles. The molecule has 2 saturated heterocycles. The first-order valence-electron chi connectivity index (χ1n) is 11.9. The third kappa shape index (κ3) is 3.08. The molecule has 2 aliphatic carbocycles. The Morgan fingerprint density at radius 2 is 1.66 bits per heavy atom. The summed E-state index contributed by atoms with van der Waals surface area (Å²) >= 11 is 21.0. The summed E-state index contributed by atoms with van der Waals surface area (Å²) in [6, 6.07) is 8.96. The van der Waals surface area contributed by atoms with E-state index in [1.807, 2.05) is 0 Å². The van der Waals surface area contributed by atoms with E-state index in [2.05, 4.69) is 0 Å². The van der Waals surface area contributed by atoms with Crippen molar-refractivity contribution in [3.8, 4) is 5.75 Å². The molecule has 7 nitrogen and oxygen atoms in total. The van der Waals surface area contributed by atoms with E-state index in [0.29, 0.717) is 11.1 Å². The van der Waals surface area contributed by atoms with Gasteiger partial charge in [-0.2, -0.15) is 0 Å². The molecule has 6 atom stereocenters. The smallest absolute Gasteiger partial charge is 0.258 e. The van der Waals surface area contributed by atoms with E-state index in [1.165, 1.54) is 37.4 Å². The van der Waals surface area contributed by atoms with Crippen molar-refractivity contribution in [3.05, 3.63) is 70.5 Å². The summed E-state index contributed by atoms with van der Waals surface area (Å²) in [6.07, 6.45) is 1.86. The summed E-state index contributed by atoms with van der Waals surface area (Å²) in [7, 11) is 1.42. The van der Waals surface area contributed by atoms with Gasteiger partial charge in [-0.15, -0.1) is 23.2 Å². The average molecular weight is 578 g/mol. The van der Waals surface area contributed by atoms with Gasteiger partial charge in [0.1, 0.15) is 11.6 Å². The molecule has 2 aromatic rings. The molecule has 1 N–H and O–H groups in total. The first-order valence-corrected chi connectivity index (χ1v) is 13.1. The van der Waals surface area contributed by atoms with Crippen molar-refractivity contribution < 1.29 is 28.7 Å². The Balaban J connectivity index is 1.59. The van der Waals surface area contributed by atoms with Crippen LogP contribution in [0.4, 0.5) is 10.1 Å². The second kappa shape index (κ2) is 8.28. The lowest BCUT2D eigenvalue weighted by atomic mass is 9.56. The molecule has 196 valence electrons. The minimum atomic E-state index is -2.08. The Morgan fingerprint density at radius 3 is 2.32 bits per heavy atom. The topological polar surface area (TPSA) is 95.0 Å². The number of rotatable bonds is 2.